The molecule has 0 spiro atoms. The first-order valence-corrected chi connectivity index (χ1v) is 13.2. The Morgan fingerprint density at radius 1 is 0.611 bits per heavy atom. The van der Waals surface area contributed by atoms with Gasteiger partial charge in [-0.25, -0.2) is 9.97 Å². The van der Waals surface area contributed by atoms with Crippen molar-refractivity contribution in [1.29, 1.82) is 0 Å². The molecule has 12 heteroatoms. The maximum Gasteiger partial charge on any atom is 0.295 e. The quantitative estimate of drug-likeness (QED) is 0.189. The minimum absolute atomic E-state index is 0.0982. The zero-order valence-electron chi connectivity index (χ0n) is 18.5. The molecule has 0 atom stereocenters. The number of anilines is 4. The minimum atomic E-state index is -4.63. The van der Waals surface area contributed by atoms with E-state index in [-0.39, 0.29) is 11.1 Å². The van der Waals surface area contributed by atoms with E-state index in [1.807, 2.05) is 0 Å². The lowest BCUT2D eigenvalue weighted by Crippen LogP contribution is -2.03. The smallest absolute Gasteiger partial charge is 0.295 e. The summed E-state index contributed by atoms with van der Waals surface area (Å²) in [5, 5.41) is 5.87. The van der Waals surface area contributed by atoms with Crippen LogP contribution in [-0.4, -0.2) is 35.9 Å². The fourth-order valence-electron chi connectivity index (χ4n) is 3.30. The molecule has 0 saturated heterocycles. The average molecular weight is 525 g/mol. The van der Waals surface area contributed by atoms with Gasteiger partial charge in [-0.3, -0.25) is 9.11 Å². The summed E-state index contributed by atoms with van der Waals surface area (Å²) in [5.74, 6) is 0.943. The lowest BCUT2D eigenvalue weighted by molar-refractivity contribution is 0.480. The van der Waals surface area contributed by atoms with Crippen molar-refractivity contribution in [2.75, 3.05) is 10.6 Å². The molecule has 4 rings (SSSR count). The molecular formula is C24H20N4O6S2. The van der Waals surface area contributed by atoms with Crippen molar-refractivity contribution in [1.82, 2.24) is 9.97 Å². The highest BCUT2D eigenvalue weighted by atomic mass is 32.2. The van der Waals surface area contributed by atoms with Gasteiger partial charge < -0.3 is 10.6 Å². The Morgan fingerprint density at radius 3 is 1.36 bits per heavy atom. The van der Waals surface area contributed by atoms with Crippen molar-refractivity contribution in [2.45, 2.75) is 9.79 Å². The molecule has 0 unspecified atom stereocenters. The van der Waals surface area contributed by atoms with Gasteiger partial charge in [-0.15, -0.1) is 0 Å². The van der Waals surface area contributed by atoms with Gasteiger partial charge >= 0.3 is 0 Å². The first kappa shape index (κ1) is 25.0. The first-order valence-electron chi connectivity index (χ1n) is 10.4. The van der Waals surface area contributed by atoms with E-state index in [4.69, 9.17) is 0 Å². The molecule has 184 valence electrons. The predicted molar refractivity (Wildman–Crippen MR) is 136 cm³/mol. The molecule has 0 amide bonds. The van der Waals surface area contributed by atoms with Crippen LogP contribution in [0.2, 0.25) is 0 Å². The van der Waals surface area contributed by atoms with Gasteiger partial charge in [0.15, 0.2) is 0 Å². The Labute approximate surface area is 207 Å². The van der Waals surface area contributed by atoms with Crippen LogP contribution in [0.3, 0.4) is 0 Å². The Hall–Kier alpha value is -4.10. The number of pyridine rings is 2. The zero-order chi connectivity index (χ0) is 25.8. The molecule has 2 heterocycles. The van der Waals surface area contributed by atoms with Crippen LogP contribution in [0.25, 0.3) is 12.2 Å². The van der Waals surface area contributed by atoms with Crippen molar-refractivity contribution in [2.24, 2.45) is 0 Å². The second kappa shape index (κ2) is 10.3. The van der Waals surface area contributed by atoms with E-state index in [1.165, 1.54) is 36.4 Å². The van der Waals surface area contributed by atoms with Crippen LogP contribution < -0.4 is 10.6 Å². The van der Waals surface area contributed by atoms with Gasteiger partial charge in [0.25, 0.3) is 20.2 Å². The monoisotopic (exact) mass is 524 g/mol. The Kier molecular flexibility index (Phi) is 7.12. The lowest BCUT2D eigenvalue weighted by Gasteiger charge is -2.10. The highest BCUT2D eigenvalue weighted by Crippen LogP contribution is 2.27. The van der Waals surface area contributed by atoms with Crippen molar-refractivity contribution in [3.63, 3.8) is 0 Å². The van der Waals surface area contributed by atoms with Crippen molar-refractivity contribution in [3.05, 3.63) is 96.3 Å². The maximum atomic E-state index is 12.0. The summed E-state index contributed by atoms with van der Waals surface area (Å²) in [6.07, 6.45) is 5.77. The van der Waals surface area contributed by atoms with Gasteiger partial charge in [0, 0.05) is 23.8 Å². The van der Waals surface area contributed by atoms with Gasteiger partial charge in [-0.2, -0.15) is 16.8 Å². The summed E-state index contributed by atoms with van der Waals surface area (Å²) in [5.41, 5.74) is 0.922. The minimum Gasteiger partial charge on any atom is -0.340 e. The zero-order valence-corrected chi connectivity index (χ0v) is 20.1. The van der Waals surface area contributed by atoms with Crippen molar-refractivity contribution >= 4 is 55.4 Å². The van der Waals surface area contributed by atoms with Crippen LogP contribution in [-0.2, 0) is 20.2 Å². The Balaban J connectivity index is 1.68. The van der Waals surface area contributed by atoms with Gasteiger partial charge in [-0.1, -0.05) is 36.4 Å². The molecule has 10 nitrogen and oxygen atoms in total. The third kappa shape index (κ3) is 6.31. The fourth-order valence-corrected chi connectivity index (χ4v) is 4.71. The summed E-state index contributed by atoms with van der Waals surface area (Å²) >= 11 is 0. The van der Waals surface area contributed by atoms with Gasteiger partial charge in [-0.05, 0) is 59.7 Å². The van der Waals surface area contributed by atoms with Crippen LogP contribution in [0.15, 0.2) is 95.0 Å². The number of rotatable bonds is 8. The molecule has 2 aromatic carbocycles. The van der Waals surface area contributed by atoms with E-state index in [2.05, 4.69) is 20.6 Å². The third-order valence-corrected chi connectivity index (χ3v) is 6.72. The molecule has 0 aliphatic carbocycles. The molecule has 0 aliphatic rings. The molecule has 0 aliphatic heterocycles. The van der Waals surface area contributed by atoms with E-state index in [1.54, 1.807) is 60.9 Å². The maximum absolute atomic E-state index is 12.0. The molecule has 0 fully saturated rings. The SMILES string of the molecule is O=S(=O)(O)c1cc(Nc2ccccn2)ccc1C=Cc1ccc(Nc2ccccn2)cc1S(=O)(=O)O. The van der Waals surface area contributed by atoms with Crippen LogP contribution in [0.4, 0.5) is 23.0 Å². The summed E-state index contributed by atoms with van der Waals surface area (Å²) in [6, 6.07) is 18.8. The molecule has 0 saturated carbocycles. The number of aromatic nitrogens is 2. The molecule has 4 N–H and O–H groups in total. The summed E-state index contributed by atoms with van der Waals surface area (Å²) < 4.78 is 67.7. The first-order chi connectivity index (χ1) is 17.1. The molecular weight excluding hydrogens is 504 g/mol. The normalized spacial score (nSPS) is 11.9. The molecule has 0 radical (unpaired) electrons. The van der Waals surface area contributed by atoms with E-state index in [0.29, 0.717) is 23.0 Å². The number of nitrogens with one attached hydrogen (secondary N) is 2. The summed E-state index contributed by atoms with van der Waals surface area (Å²) in [6.45, 7) is 0. The van der Waals surface area contributed by atoms with E-state index < -0.39 is 30.0 Å². The van der Waals surface area contributed by atoms with Crippen LogP contribution in [0.5, 0.6) is 0 Å². The second-order valence-electron chi connectivity index (χ2n) is 7.47. The van der Waals surface area contributed by atoms with Crippen LogP contribution in [0, 0.1) is 0 Å². The van der Waals surface area contributed by atoms with Gasteiger partial charge in [0.2, 0.25) is 0 Å². The average Bonchev–Trinajstić information content (AvgIpc) is 2.84. The summed E-state index contributed by atoms with van der Waals surface area (Å²) in [7, 11) is -9.26. The number of nitrogens with zero attached hydrogens (tertiary/aromatic N) is 2. The number of hydrogen-bond acceptors (Lipinski definition) is 8. The fraction of sp³-hybridized carbons (Fsp3) is 0. The topological polar surface area (TPSA) is 159 Å². The summed E-state index contributed by atoms with van der Waals surface area (Å²) in [4.78, 5) is 7.40. The number of hydrogen-bond donors (Lipinski definition) is 4. The van der Waals surface area contributed by atoms with Gasteiger partial charge in [0.1, 0.15) is 21.4 Å². The number of benzene rings is 2. The standard InChI is InChI=1S/C24H20N4O6S2/c29-35(30,31)21-15-19(27-23-5-1-3-13-25-23)11-9-17(21)7-8-18-10-12-20(16-22(18)36(32,33)34)28-24-6-2-4-14-26-24/h1-16H,(H,25,27)(H,26,28)(H,29,30,31)(H,32,33,34). The van der Waals surface area contributed by atoms with E-state index >= 15 is 0 Å². The third-order valence-electron chi connectivity index (χ3n) is 4.90. The second-order valence-corrected chi connectivity index (χ2v) is 10.2. The molecule has 2 aromatic heterocycles. The van der Waals surface area contributed by atoms with Gasteiger partial charge in [0.05, 0.1) is 0 Å². The Bertz CT molecular complexity index is 1500. The Morgan fingerprint density at radius 2 is 1.03 bits per heavy atom. The van der Waals surface area contributed by atoms with Crippen molar-refractivity contribution in [3.8, 4) is 0 Å². The highest BCUT2D eigenvalue weighted by molar-refractivity contribution is 7.86. The highest BCUT2D eigenvalue weighted by Gasteiger charge is 2.18. The largest absolute Gasteiger partial charge is 0.340 e. The van der Waals surface area contributed by atoms with E-state index in [0.717, 1.165) is 0 Å². The van der Waals surface area contributed by atoms with Crippen molar-refractivity contribution < 1.29 is 25.9 Å². The predicted octanol–water partition coefficient (Wildman–Crippen LogP) is 4.63. The molecule has 36 heavy (non-hydrogen) atoms. The van der Waals surface area contributed by atoms with E-state index in [9.17, 15) is 25.9 Å². The van der Waals surface area contributed by atoms with Crippen LogP contribution >= 0.6 is 0 Å². The van der Waals surface area contributed by atoms with Crippen LogP contribution in [0.1, 0.15) is 11.1 Å². The lowest BCUT2D eigenvalue weighted by atomic mass is 10.1. The molecule has 0 bridgehead atoms. The molecule has 4 aromatic rings.